The van der Waals surface area contributed by atoms with Gasteiger partial charge in [0.2, 0.25) is 5.91 Å². The van der Waals surface area contributed by atoms with Crippen molar-refractivity contribution in [3.05, 3.63) is 60.2 Å². The molecule has 2 aliphatic heterocycles. The van der Waals surface area contributed by atoms with Crippen LogP contribution in [0.15, 0.2) is 59.7 Å². The molecule has 2 amide bonds. The summed E-state index contributed by atoms with van der Waals surface area (Å²) in [6, 6.07) is 16.4. The van der Waals surface area contributed by atoms with Crippen LogP contribution in [-0.4, -0.2) is 36.2 Å². The van der Waals surface area contributed by atoms with Crippen LogP contribution < -0.4 is 20.8 Å². The van der Waals surface area contributed by atoms with Crippen LogP contribution in [-0.2, 0) is 16.0 Å². The Balaban J connectivity index is 1.41. The zero-order valence-electron chi connectivity index (χ0n) is 14.7. The summed E-state index contributed by atoms with van der Waals surface area (Å²) in [4.78, 5) is 24.3. The predicted octanol–water partition coefficient (Wildman–Crippen LogP) is 1.23. The zero-order chi connectivity index (χ0) is 18.8. The second kappa shape index (κ2) is 7.11. The second-order valence-electron chi connectivity index (χ2n) is 6.61. The Morgan fingerprint density at radius 1 is 1.11 bits per heavy atom. The van der Waals surface area contributed by atoms with E-state index in [-0.39, 0.29) is 24.1 Å². The summed E-state index contributed by atoms with van der Waals surface area (Å²) in [5.41, 5.74) is 7.65. The highest BCUT2D eigenvalue weighted by atomic mass is 16.5. The predicted molar refractivity (Wildman–Crippen MR) is 102 cm³/mol. The largest absolute Gasteiger partial charge is 0.488 e. The van der Waals surface area contributed by atoms with Crippen molar-refractivity contribution in [3.63, 3.8) is 0 Å². The number of primary amides is 1. The number of rotatable bonds is 5. The zero-order valence-corrected chi connectivity index (χ0v) is 14.7. The Labute approximate surface area is 156 Å². The van der Waals surface area contributed by atoms with Gasteiger partial charge in [0.15, 0.2) is 0 Å². The van der Waals surface area contributed by atoms with Gasteiger partial charge in [-0.2, -0.15) is 5.10 Å². The first kappa shape index (κ1) is 17.1. The summed E-state index contributed by atoms with van der Waals surface area (Å²) < 4.78 is 5.83. The molecule has 2 aliphatic rings. The fraction of sp³-hybridized carbons (Fsp3) is 0.250. The summed E-state index contributed by atoms with van der Waals surface area (Å²) >= 11 is 0. The quantitative estimate of drug-likeness (QED) is 0.834. The standard InChI is InChI=1S/C20H20N4O3/c21-19(25)17-11-16(23-24(17)14-7-2-1-3-8-14)20(26)22-12-15-10-13-6-4-5-9-18(13)27-15/h1-9,15,17H,10-12H2,(H2,21,25)(H,22,26)/t15-,17+/m0/s1. The number of para-hydroxylation sites is 2. The molecule has 0 aromatic heterocycles. The van der Waals surface area contributed by atoms with Crippen molar-refractivity contribution >= 4 is 23.2 Å². The van der Waals surface area contributed by atoms with Gasteiger partial charge in [0.25, 0.3) is 5.91 Å². The minimum absolute atomic E-state index is 0.106. The number of hydrazone groups is 1. The number of benzene rings is 2. The summed E-state index contributed by atoms with van der Waals surface area (Å²) in [6.07, 6.45) is 0.829. The van der Waals surface area contributed by atoms with Crippen molar-refractivity contribution in [1.82, 2.24) is 5.32 Å². The van der Waals surface area contributed by atoms with E-state index in [2.05, 4.69) is 10.4 Å². The van der Waals surface area contributed by atoms with E-state index in [1.807, 2.05) is 54.6 Å². The van der Waals surface area contributed by atoms with E-state index in [9.17, 15) is 9.59 Å². The molecule has 2 aromatic rings. The van der Waals surface area contributed by atoms with Crippen LogP contribution in [0.2, 0.25) is 0 Å². The van der Waals surface area contributed by atoms with Crippen molar-refractivity contribution < 1.29 is 14.3 Å². The number of carbonyl (C=O) groups is 2. The first-order valence-electron chi connectivity index (χ1n) is 8.85. The molecular weight excluding hydrogens is 344 g/mol. The van der Waals surface area contributed by atoms with Crippen molar-refractivity contribution in [2.24, 2.45) is 10.8 Å². The molecule has 2 heterocycles. The third-order valence-corrected chi connectivity index (χ3v) is 4.73. The lowest BCUT2D eigenvalue weighted by Crippen LogP contribution is -2.40. The second-order valence-corrected chi connectivity index (χ2v) is 6.61. The van der Waals surface area contributed by atoms with Gasteiger partial charge in [-0.25, -0.2) is 0 Å². The highest BCUT2D eigenvalue weighted by Crippen LogP contribution is 2.28. The summed E-state index contributed by atoms with van der Waals surface area (Å²) in [6.45, 7) is 0.374. The fourth-order valence-electron chi connectivity index (χ4n) is 3.36. The molecule has 0 aliphatic carbocycles. The van der Waals surface area contributed by atoms with Crippen LogP contribution >= 0.6 is 0 Å². The minimum Gasteiger partial charge on any atom is -0.488 e. The lowest BCUT2D eigenvalue weighted by Gasteiger charge is -2.20. The van der Waals surface area contributed by atoms with E-state index >= 15 is 0 Å². The van der Waals surface area contributed by atoms with Crippen molar-refractivity contribution in [2.75, 3.05) is 11.6 Å². The van der Waals surface area contributed by atoms with Crippen LogP contribution in [0.1, 0.15) is 12.0 Å². The van der Waals surface area contributed by atoms with E-state index in [0.29, 0.717) is 6.54 Å². The Kier molecular flexibility index (Phi) is 4.50. The SMILES string of the molecule is NC(=O)[C@H]1CC(C(=O)NC[C@@H]2Cc3ccccc3O2)=NN1c1ccccc1. The number of nitrogens with one attached hydrogen (secondary N) is 1. The lowest BCUT2D eigenvalue weighted by atomic mass is 10.1. The number of hydrogen-bond donors (Lipinski definition) is 2. The molecule has 0 radical (unpaired) electrons. The normalized spacial score (nSPS) is 20.6. The maximum absolute atomic E-state index is 12.5. The van der Waals surface area contributed by atoms with E-state index in [1.54, 1.807) is 0 Å². The van der Waals surface area contributed by atoms with Gasteiger partial charge < -0.3 is 15.8 Å². The molecule has 7 nitrogen and oxygen atoms in total. The molecule has 2 aromatic carbocycles. The number of anilines is 1. The van der Waals surface area contributed by atoms with Gasteiger partial charge in [0, 0.05) is 12.8 Å². The molecule has 27 heavy (non-hydrogen) atoms. The summed E-state index contributed by atoms with van der Waals surface area (Å²) in [5.74, 6) is 0.0400. The number of carbonyl (C=O) groups excluding carboxylic acids is 2. The molecule has 3 N–H and O–H groups in total. The molecule has 0 saturated carbocycles. The number of fused-ring (bicyclic) bond motifs is 1. The molecule has 138 valence electrons. The molecule has 0 saturated heterocycles. The van der Waals surface area contributed by atoms with Gasteiger partial charge in [-0.3, -0.25) is 14.6 Å². The van der Waals surface area contributed by atoms with Crippen LogP contribution in [0.4, 0.5) is 5.69 Å². The van der Waals surface area contributed by atoms with Crippen LogP contribution in [0.3, 0.4) is 0 Å². The molecule has 7 heteroatoms. The first-order valence-corrected chi connectivity index (χ1v) is 8.85. The van der Waals surface area contributed by atoms with Crippen LogP contribution in [0, 0.1) is 0 Å². The third-order valence-electron chi connectivity index (χ3n) is 4.73. The maximum atomic E-state index is 12.5. The Bertz CT molecular complexity index is 872. The smallest absolute Gasteiger partial charge is 0.267 e. The average Bonchev–Trinajstić information content (AvgIpc) is 3.31. The molecule has 2 atom stereocenters. The first-order chi connectivity index (χ1) is 13.1. The van der Waals surface area contributed by atoms with Gasteiger partial charge in [-0.1, -0.05) is 36.4 Å². The van der Waals surface area contributed by atoms with E-state index in [0.717, 1.165) is 23.4 Å². The van der Waals surface area contributed by atoms with Gasteiger partial charge >= 0.3 is 0 Å². The van der Waals surface area contributed by atoms with Gasteiger partial charge in [-0.15, -0.1) is 0 Å². The van der Waals surface area contributed by atoms with E-state index in [1.165, 1.54) is 5.01 Å². The maximum Gasteiger partial charge on any atom is 0.267 e. The Morgan fingerprint density at radius 3 is 2.59 bits per heavy atom. The highest BCUT2D eigenvalue weighted by Gasteiger charge is 2.35. The molecular formula is C20H20N4O3. The van der Waals surface area contributed by atoms with Gasteiger partial charge in [0.1, 0.15) is 23.6 Å². The number of ether oxygens (including phenoxy) is 1. The molecule has 4 rings (SSSR count). The third kappa shape index (κ3) is 3.48. The van der Waals surface area contributed by atoms with Crippen LogP contribution in [0.25, 0.3) is 0 Å². The number of nitrogens with two attached hydrogens (primary N) is 1. The number of hydrogen-bond acceptors (Lipinski definition) is 5. The fourth-order valence-corrected chi connectivity index (χ4v) is 3.36. The van der Waals surface area contributed by atoms with Gasteiger partial charge in [-0.05, 0) is 23.8 Å². The topological polar surface area (TPSA) is 97.0 Å². The molecule has 0 unspecified atom stereocenters. The Hall–Kier alpha value is -3.35. The average molecular weight is 364 g/mol. The summed E-state index contributed by atoms with van der Waals surface area (Å²) in [5, 5.41) is 8.71. The number of amides is 2. The number of nitrogens with zero attached hydrogens (tertiary/aromatic N) is 2. The monoisotopic (exact) mass is 364 g/mol. The minimum atomic E-state index is -0.667. The summed E-state index contributed by atoms with van der Waals surface area (Å²) in [7, 11) is 0. The molecule has 0 spiro atoms. The Morgan fingerprint density at radius 2 is 1.85 bits per heavy atom. The van der Waals surface area contributed by atoms with Crippen molar-refractivity contribution in [1.29, 1.82) is 0 Å². The molecule has 0 bridgehead atoms. The highest BCUT2D eigenvalue weighted by molar-refractivity contribution is 6.40. The molecule has 0 fully saturated rings. The van der Waals surface area contributed by atoms with Crippen molar-refractivity contribution in [3.8, 4) is 5.75 Å². The lowest BCUT2D eigenvalue weighted by molar-refractivity contribution is -0.119. The van der Waals surface area contributed by atoms with E-state index < -0.39 is 11.9 Å². The van der Waals surface area contributed by atoms with E-state index in [4.69, 9.17) is 10.5 Å². The van der Waals surface area contributed by atoms with Crippen LogP contribution in [0.5, 0.6) is 5.75 Å². The van der Waals surface area contributed by atoms with Crippen molar-refractivity contribution in [2.45, 2.75) is 25.0 Å². The van der Waals surface area contributed by atoms with Gasteiger partial charge in [0.05, 0.1) is 12.2 Å².